The molecule has 1 aliphatic heterocycles. The molecule has 0 amide bonds. The van der Waals surface area contributed by atoms with Gasteiger partial charge in [-0.15, -0.1) is 6.58 Å². The minimum absolute atomic E-state index is 0.0274. The van der Waals surface area contributed by atoms with Crippen molar-refractivity contribution in [3.05, 3.63) is 12.7 Å². The lowest BCUT2D eigenvalue weighted by Gasteiger charge is -2.08. The molecule has 0 saturated carbocycles. The van der Waals surface area contributed by atoms with Crippen molar-refractivity contribution in [2.45, 2.75) is 45.0 Å². The van der Waals surface area contributed by atoms with E-state index in [-0.39, 0.29) is 12.4 Å². The van der Waals surface area contributed by atoms with Crippen LogP contribution in [0.3, 0.4) is 0 Å². The molecule has 1 fully saturated rings. The van der Waals surface area contributed by atoms with E-state index in [4.69, 9.17) is 9.47 Å². The fraction of sp³-hybridized carbons (Fsp3) is 0.800. The van der Waals surface area contributed by atoms with Gasteiger partial charge in [-0.25, -0.2) is 0 Å². The zero-order chi connectivity index (χ0) is 8.81. The van der Waals surface area contributed by atoms with Crippen LogP contribution in [0.2, 0.25) is 0 Å². The maximum atomic E-state index is 5.52. The van der Waals surface area contributed by atoms with Gasteiger partial charge in [0.25, 0.3) is 0 Å². The van der Waals surface area contributed by atoms with E-state index in [1.807, 2.05) is 0 Å². The summed E-state index contributed by atoms with van der Waals surface area (Å²) >= 11 is 0. The minimum atomic E-state index is 0.0274. The summed E-state index contributed by atoms with van der Waals surface area (Å²) in [6.45, 7) is 6.55. The van der Waals surface area contributed by atoms with Gasteiger partial charge in [-0.1, -0.05) is 25.8 Å². The van der Waals surface area contributed by atoms with Crippen LogP contribution in [0.5, 0.6) is 0 Å². The molecule has 0 bridgehead atoms. The predicted octanol–water partition coefficient (Wildman–Crippen LogP) is 2.49. The van der Waals surface area contributed by atoms with Crippen molar-refractivity contribution in [1.82, 2.24) is 0 Å². The van der Waals surface area contributed by atoms with Crippen LogP contribution in [0, 0.1) is 0 Å². The summed E-state index contributed by atoms with van der Waals surface area (Å²) in [5.74, 6) is 0. The molecular weight excluding hydrogens is 152 g/mol. The lowest BCUT2D eigenvalue weighted by atomic mass is 10.2. The summed E-state index contributed by atoms with van der Waals surface area (Å²) in [6, 6.07) is 0. The third-order valence-corrected chi connectivity index (χ3v) is 2.08. The highest BCUT2D eigenvalue weighted by atomic mass is 16.7. The molecule has 1 aliphatic rings. The molecule has 2 atom stereocenters. The standard InChI is InChI=1S/C10H18O2/c1-3-5-6-7-10-11-8-9(4-2)12-10/h4,9-10H,2-3,5-8H2,1H3. The van der Waals surface area contributed by atoms with Crippen molar-refractivity contribution in [2.24, 2.45) is 0 Å². The number of rotatable bonds is 5. The van der Waals surface area contributed by atoms with Crippen LogP contribution in [0.15, 0.2) is 12.7 Å². The van der Waals surface area contributed by atoms with Crippen LogP contribution < -0.4 is 0 Å². The molecule has 2 unspecified atom stereocenters. The monoisotopic (exact) mass is 170 g/mol. The summed E-state index contributed by atoms with van der Waals surface area (Å²) < 4.78 is 10.9. The molecule has 0 aromatic heterocycles. The summed E-state index contributed by atoms with van der Waals surface area (Å²) in [5, 5.41) is 0. The molecular formula is C10H18O2. The summed E-state index contributed by atoms with van der Waals surface area (Å²) in [4.78, 5) is 0. The van der Waals surface area contributed by atoms with Gasteiger partial charge < -0.3 is 9.47 Å². The molecule has 2 heteroatoms. The van der Waals surface area contributed by atoms with E-state index in [2.05, 4.69) is 13.5 Å². The van der Waals surface area contributed by atoms with Crippen molar-refractivity contribution in [2.75, 3.05) is 6.61 Å². The van der Waals surface area contributed by atoms with Crippen LogP contribution in [0.4, 0.5) is 0 Å². The fourth-order valence-corrected chi connectivity index (χ4v) is 1.31. The average Bonchev–Trinajstić information content (AvgIpc) is 2.53. The van der Waals surface area contributed by atoms with Crippen molar-refractivity contribution in [1.29, 1.82) is 0 Å². The van der Waals surface area contributed by atoms with Crippen LogP contribution in [-0.4, -0.2) is 19.0 Å². The Balaban J connectivity index is 2.06. The van der Waals surface area contributed by atoms with E-state index in [1.54, 1.807) is 6.08 Å². The second-order valence-corrected chi connectivity index (χ2v) is 3.17. The number of hydrogen-bond acceptors (Lipinski definition) is 2. The van der Waals surface area contributed by atoms with Gasteiger partial charge in [-0.05, 0) is 12.8 Å². The first kappa shape index (κ1) is 9.75. The molecule has 1 heterocycles. The third kappa shape index (κ3) is 2.95. The third-order valence-electron chi connectivity index (χ3n) is 2.08. The van der Waals surface area contributed by atoms with Gasteiger partial charge in [-0.3, -0.25) is 0 Å². The molecule has 0 spiro atoms. The van der Waals surface area contributed by atoms with E-state index in [9.17, 15) is 0 Å². The first-order chi connectivity index (χ1) is 5.86. The Morgan fingerprint density at radius 3 is 2.92 bits per heavy atom. The normalized spacial score (nSPS) is 29.1. The second-order valence-electron chi connectivity index (χ2n) is 3.17. The Morgan fingerprint density at radius 2 is 2.33 bits per heavy atom. The molecule has 70 valence electrons. The molecule has 12 heavy (non-hydrogen) atoms. The van der Waals surface area contributed by atoms with Gasteiger partial charge in [0.05, 0.1) is 6.61 Å². The Hall–Kier alpha value is -0.340. The van der Waals surface area contributed by atoms with Gasteiger partial charge in [-0.2, -0.15) is 0 Å². The predicted molar refractivity (Wildman–Crippen MR) is 49.0 cm³/mol. The van der Waals surface area contributed by atoms with Crippen LogP contribution in [0.1, 0.15) is 32.6 Å². The first-order valence-electron chi connectivity index (χ1n) is 4.76. The van der Waals surface area contributed by atoms with Crippen LogP contribution in [0.25, 0.3) is 0 Å². The Morgan fingerprint density at radius 1 is 1.50 bits per heavy atom. The lowest BCUT2D eigenvalue weighted by Crippen LogP contribution is -2.09. The van der Waals surface area contributed by atoms with Gasteiger partial charge in [0.1, 0.15) is 6.10 Å². The smallest absolute Gasteiger partial charge is 0.158 e. The highest BCUT2D eigenvalue weighted by Gasteiger charge is 2.22. The Bertz CT molecular complexity index is 134. The number of hydrogen-bond donors (Lipinski definition) is 0. The van der Waals surface area contributed by atoms with E-state index >= 15 is 0 Å². The Labute approximate surface area is 74.6 Å². The first-order valence-corrected chi connectivity index (χ1v) is 4.76. The lowest BCUT2D eigenvalue weighted by molar-refractivity contribution is -0.0566. The quantitative estimate of drug-likeness (QED) is 0.466. The molecule has 0 N–H and O–H groups in total. The molecule has 0 aromatic carbocycles. The highest BCUT2D eigenvalue weighted by molar-refractivity contribution is 4.82. The topological polar surface area (TPSA) is 18.5 Å². The van der Waals surface area contributed by atoms with Gasteiger partial charge >= 0.3 is 0 Å². The Kier molecular flexibility index (Phi) is 4.33. The summed E-state index contributed by atoms with van der Waals surface area (Å²) in [6.07, 6.45) is 6.69. The van der Waals surface area contributed by atoms with E-state index in [1.165, 1.54) is 19.3 Å². The summed E-state index contributed by atoms with van der Waals surface area (Å²) in [7, 11) is 0. The molecule has 1 saturated heterocycles. The van der Waals surface area contributed by atoms with E-state index < -0.39 is 0 Å². The average molecular weight is 170 g/mol. The van der Waals surface area contributed by atoms with Gasteiger partial charge in [0.2, 0.25) is 0 Å². The van der Waals surface area contributed by atoms with Crippen molar-refractivity contribution >= 4 is 0 Å². The molecule has 2 nitrogen and oxygen atoms in total. The molecule has 0 radical (unpaired) electrons. The van der Waals surface area contributed by atoms with Gasteiger partial charge in [0.15, 0.2) is 6.29 Å². The SMILES string of the molecule is C=CC1COC(CCCCC)O1. The van der Waals surface area contributed by atoms with Crippen molar-refractivity contribution in [3.63, 3.8) is 0 Å². The van der Waals surface area contributed by atoms with Crippen LogP contribution in [-0.2, 0) is 9.47 Å². The molecule has 1 rings (SSSR count). The van der Waals surface area contributed by atoms with Gasteiger partial charge in [0, 0.05) is 0 Å². The largest absolute Gasteiger partial charge is 0.350 e. The van der Waals surface area contributed by atoms with E-state index in [0.717, 1.165) is 6.42 Å². The number of unbranched alkanes of at least 4 members (excludes halogenated alkanes) is 2. The fourth-order valence-electron chi connectivity index (χ4n) is 1.31. The van der Waals surface area contributed by atoms with E-state index in [0.29, 0.717) is 6.61 Å². The number of ether oxygens (including phenoxy) is 2. The van der Waals surface area contributed by atoms with Crippen molar-refractivity contribution < 1.29 is 9.47 Å². The second kappa shape index (κ2) is 5.33. The molecule has 0 aliphatic carbocycles. The minimum Gasteiger partial charge on any atom is -0.350 e. The molecule has 0 aromatic rings. The highest BCUT2D eigenvalue weighted by Crippen LogP contribution is 2.17. The zero-order valence-electron chi connectivity index (χ0n) is 7.79. The van der Waals surface area contributed by atoms with Crippen molar-refractivity contribution in [3.8, 4) is 0 Å². The zero-order valence-corrected chi connectivity index (χ0v) is 7.79. The summed E-state index contributed by atoms with van der Waals surface area (Å²) in [5.41, 5.74) is 0. The van der Waals surface area contributed by atoms with Crippen LogP contribution >= 0.6 is 0 Å². The maximum Gasteiger partial charge on any atom is 0.158 e. The maximum absolute atomic E-state index is 5.52.